The quantitative estimate of drug-likeness (QED) is 0.622. The van der Waals surface area contributed by atoms with Crippen molar-refractivity contribution in [2.24, 2.45) is 5.73 Å². The molecule has 88 valence electrons. The van der Waals surface area contributed by atoms with Crippen LogP contribution in [0.3, 0.4) is 0 Å². The number of rotatable bonds is 4. The van der Waals surface area contributed by atoms with E-state index in [1.54, 1.807) is 13.0 Å². The third kappa shape index (κ3) is 2.97. The second-order valence-corrected chi connectivity index (χ2v) is 3.70. The Morgan fingerprint density at radius 2 is 2.06 bits per heavy atom. The third-order valence-electron chi connectivity index (χ3n) is 2.10. The Bertz CT molecular complexity index is 374. The normalized spacial score (nSPS) is 14.0. The summed E-state index contributed by atoms with van der Waals surface area (Å²) in [6.07, 6.45) is 0. The zero-order valence-corrected chi connectivity index (χ0v) is 9.82. The first-order chi connectivity index (χ1) is 7.47. The van der Waals surface area contributed by atoms with Gasteiger partial charge in [-0.15, -0.1) is 0 Å². The number of hydrogen-bond acceptors (Lipinski definition) is 4. The number of benzene rings is 1. The Kier molecular flexibility index (Phi) is 3.90. The molecule has 0 saturated heterocycles. The predicted octanol–water partition coefficient (Wildman–Crippen LogP) is 1.61. The lowest BCUT2D eigenvalue weighted by Gasteiger charge is -2.24. The highest BCUT2D eigenvalue weighted by Crippen LogP contribution is 2.20. The minimum atomic E-state index is -1.46. The lowest BCUT2D eigenvalue weighted by atomic mass is 10.2. The van der Waals surface area contributed by atoms with Crippen LogP contribution in [0.15, 0.2) is 24.3 Å². The lowest BCUT2D eigenvalue weighted by molar-refractivity contribution is -0.159. The summed E-state index contributed by atoms with van der Waals surface area (Å²) in [6.45, 7) is 5.37. The molecule has 1 rings (SSSR count). The fourth-order valence-electron chi connectivity index (χ4n) is 1.22. The van der Waals surface area contributed by atoms with Gasteiger partial charge in [-0.3, -0.25) is 5.73 Å². The highest BCUT2D eigenvalue weighted by molar-refractivity contribution is 5.78. The number of aryl methyl sites for hydroxylation is 1. The van der Waals surface area contributed by atoms with Gasteiger partial charge in [0.25, 0.3) is 5.72 Å². The molecule has 0 spiro atoms. The predicted molar refractivity (Wildman–Crippen MR) is 61.0 cm³/mol. The standard InChI is InChI=1S/C12H17NO3/c1-4-15-11(14)12(3,13)16-10-8-6-5-7-9(10)2/h5-8H,4,13H2,1-3H3. The van der Waals surface area contributed by atoms with Crippen LogP contribution in [-0.4, -0.2) is 18.3 Å². The number of carbonyl (C=O) groups excluding carboxylic acids is 1. The molecular formula is C12H17NO3. The van der Waals surface area contributed by atoms with Crippen molar-refractivity contribution in [2.75, 3.05) is 6.61 Å². The molecule has 4 heteroatoms. The number of esters is 1. The first kappa shape index (κ1) is 12.5. The van der Waals surface area contributed by atoms with Crippen LogP contribution >= 0.6 is 0 Å². The molecule has 0 amide bonds. The zero-order chi connectivity index (χ0) is 12.2. The maximum absolute atomic E-state index is 11.5. The summed E-state index contributed by atoms with van der Waals surface area (Å²) in [7, 11) is 0. The summed E-state index contributed by atoms with van der Waals surface area (Å²) in [5.41, 5.74) is 5.21. The molecule has 0 aliphatic rings. The van der Waals surface area contributed by atoms with E-state index in [9.17, 15) is 4.79 Å². The second-order valence-electron chi connectivity index (χ2n) is 3.70. The Morgan fingerprint density at radius 1 is 1.44 bits per heavy atom. The number of hydrogen-bond donors (Lipinski definition) is 1. The minimum absolute atomic E-state index is 0.281. The first-order valence-electron chi connectivity index (χ1n) is 5.18. The van der Waals surface area contributed by atoms with Gasteiger partial charge in [-0.25, -0.2) is 4.79 Å². The minimum Gasteiger partial charge on any atom is -0.462 e. The molecule has 0 aliphatic carbocycles. The van der Waals surface area contributed by atoms with Gasteiger partial charge < -0.3 is 9.47 Å². The molecule has 4 nitrogen and oxygen atoms in total. The van der Waals surface area contributed by atoms with E-state index in [1.165, 1.54) is 6.92 Å². The summed E-state index contributed by atoms with van der Waals surface area (Å²) in [4.78, 5) is 11.5. The van der Waals surface area contributed by atoms with E-state index >= 15 is 0 Å². The SMILES string of the molecule is CCOC(=O)C(C)(N)Oc1ccccc1C. The van der Waals surface area contributed by atoms with E-state index in [0.29, 0.717) is 5.75 Å². The van der Waals surface area contributed by atoms with Crippen LogP contribution in [0, 0.1) is 6.92 Å². The van der Waals surface area contributed by atoms with Crippen LogP contribution in [0.25, 0.3) is 0 Å². The molecule has 1 aromatic rings. The lowest BCUT2D eigenvalue weighted by Crippen LogP contribution is -2.51. The maximum atomic E-state index is 11.5. The summed E-state index contributed by atoms with van der Waals surface area (Å²) >= 11 is 0. The molecule has 0 heterocycles. The van der Waals surface area contributed by atoms with Gasteiger partial charge in [-0.05, 0) is 25.5 Å². The van der Waals surface area contributed by atoms with Gasteiger partial charge in [0.05, 0.1) is 6.61 Å². The number of ether oxygens (including phenoxy) is 2. The van der Waals surface area contributed by atoms with Crippen molar-refractivity contribution in [1.29, 1.82) is 0 Å². The van der Waals surface area contributed by atoms with Crippen molar-refractivity contribution in [3.63, 3.8) is 0 Å². The van der Waals surface area contributed by atoms with Crippen LogP contribution in [0.4, 0.5) is 0 Å². The molecular weight excluding hydrogens is 206 g/mol. The van der Waals surface area contributed by atoms with Crippen LogP contribution < -0.4 is 10.5 Å². The van der Waals surface area contributed by atoms with Gasteiger partial charge in [0.15, 0.2) is 0 Å². The largest absolute Gasteiger partial charge is 0.462 e. The molecule has 2 N–H and O–H groups in total. The van der Waals surface area contributed by atoms with Crippen LogP contribution in [0.5, 0.6) is 5.75 Å². The molecule has 0 aromatic heterocycles. The van der Waals surface area contributed by atoms with E-state index in [1.807, 2.05) is 25.1 Å². The number of nitrogens with two attached hydrogens (primary N) is 1. The molecule has 0 saturated carbocycles. The second kappa shape index (κ2) is 4.99. The molecule has 1 atom stereocenters. The zero-order valence-electron chi connectivity index (χ0n) is 9.82. The van der Waals surface area contributed by atoms with E-state index < -0.39 is 11.7 Å². The van der Waals surface area contributed by atoms with Crippen molar-refractivity contribution >= 4 is 5.97 Å². The van der Waals surface area contributed by atoms with Crippen molar-refractivity contribution < 1.29 is 14.3 Å². The molecule has 0 fully saturated rings. The molecule has 0 bridgehead atoms. The average Bonchev–Trinajstić information content (AvgIpc) is 2.21. The Labute approximate surface area is 95.3 Å². The summed E-state index contributed by atoms with van der Waals surface area (Å²) < 4.78 is 10.3. The highest BCUT2D eigenvalue weighted by Gasteiger charge is 2.32. The highest BCUT2D eigenvalue weighted by atomic mass is 16.6. The monoisotopic (exact) mass is 223 g/mol. The third-order valence-corrected chi connectivity index (χ3v) is 2.10. The van der Waals surface area contributed by atoms with Crippen LogP contribution in [0.2, 0.25) is 0 Å². The molecule has 16 heavy (non-hydrogen) atoms. The van der Waals surface area contributed by atoms with E-state index in [4.69, 9.17) is 15.2 Å². The van der Waals surface area contributed by atoms with Gasteiger partial charge in [0.2, 0.25) is 0 Å². The molecule has 0 aliphatic heterocycles. The first-order valence-corrected chi connectivity index (χ1v) is 5.18. The summed E-state index contributed by atoms with van der Waals surface area (Å²) in [5, 5.41) is 0. The van der Waals surface area contributed by atoms with Crippen LogP contribution in [0.1, 0.15) is 19.4 Å². The van der Waals surface area contributed by atoms with Crippen molar-refractivity contribution in [3.8, 4) is 5.75 Å². The Hall–Kier alpha value is -1.55. The average molecular weight is 223 g/mol. The molecule has 1 unspecified atom stereocenters. The van der Waals surface area contributed by atoms with E-state index in [0.717, 1.165) is 5.56 Å². The topological polar surface area (TPSA) is 61.5 Å². The number of para-hydroxylation sites is 1. The van der Waals surface area contributed by atoms with Crippen molar-refractivity contribution in [3.05, 3.63) is 29.8 Å². The van der Waals surface area contributed by atoms with Gasteiger partial charge in [0.1, 0.15) is 5.75 Å². The summed E-state index contributed by atoms with van der Waals surface area (Å²) in [6, 6.07) is 7.36. The fourth-order valence-corrected chi connectivity index (χ4v) is 1.22. The number of carbonyl (C=O) groups is 1. The molecule has 0 radical (unpaired) electrons. The smallest absolute Gasteiger partial charge is 0.365 e. The maximum Gasteiger partial charge on any atom is 0.365 e. The fraction of sp³-hybridized carbons (Fsp3) is 0.417. The van der Waals surface area contributed by atoms with E-state index in [-0.39, 0.29) is 6.61 Å². The summed E-state index contributed by atoms with van der Waals surface area (Å²) in [5.74, 6) is 0.0128. The Balaban J connectivity index is 2.80. The van der Waals surface area contributed by atoms with Gasteiger partial charge >= 0.3 is 5.97 Å². The van der Waals surface area contributed by atoms with Crippen molar-refractivity contribution in [1.82, 2.24) is 0 Å². The van der Waals surface area contributed by atoms with E-state index in [2.05, 4.69) is 0 Å². The van der Waals surface area contributed by atoms with Gasteiger partial charge in [-0.1, -0.05) is 18.2 Å². The Morgan fingerprint density at radius 3 is 2.62 bits per heavy atom. The van der Waals surface area contributed by atoms with Gasteiger partial charge in [-0.2, -0.15) is 0 Å². The van der Waals surface area contributed by atoms with Crippen molar-refractivity contribution in [2.45, 2.75) is 26.5 Å². The van der Waals surface area contributed by atoms with Crippen LogP contribution in [-0.2, 0) is 9.53 Å². The van der Waals surface area contributed by atoms with Gasteiger partial charge in [0, 0.05) is 6.92 Å². The molecule has 1 aromatic carbocycles.